The first kappa shape index (κ1) is 12.2. The molecule has 1 aromatic carbocycles. The molecule has 0 spiro atoms. The Balaban J connectivity index is 2.58. The van der Waals surface area contributed by atoms with E-state index in [4.69, 9.17) is 12.2 Å². The van der Waals surface area contributed by atoms with Gasteiger partial charge in [0, 0.05) is 5.56 Å². The number of terminal acetylenes is 1. The Kier molecular flexibility index (Phi) is 3.07. The van der Waals surface area contributed by atoms with Crippen LogP contribution in [0.15, 0.2) is 18.2 Å². The van der Waals surface area contributed by atoms with E-state index in [1.807, 2.05) is 13.8 Å². The molecule has 0 aliphatic carbocycles. The number of hydrogen-bond acceptors (Lipinski definition) is 2. The van der Waals surface area contributed by atoms with Gasteiger partial charge in [-0.3, -0.25) is 0 Å². The van der Waals surface area contributed by atoms with Crippen molar-refractivity contribution in [1.29, 1.82) is 0 Å². The van der Waals surface area contributed by atoms with Crippen LogP contribution in [0, 0.1) is 32.0 Å². The Morgan fingerprint density at radius 2 is 2.17 bits per heavy atom. The predicted molar refractivity (Wildman–Crippen MR) is 70.3 cm³/mol. The molecule has 1 heterocycles. The normalized spacial score (nSPS) is 10.3. The number of nitrogens with two attached hydrogens (primary N) is 1. The lowest BCUT2D eigenvalue weighted by Crippen LogP contribution is -2.03. The molecule has 0 radical (unpaired) electrons. The fourth-order valence-electron chi connectivity index (χ4n) is 1.96. The van der Waals surface area contributed by atoms with Crippen LogP contribution in [-0.4, -0.2) is 9.55 Å². The maximum atomic E-state index is 13.1. The zero-order chi connectivity index (χ0) is 13.3. The van der Waals surface area contributed by atoms with Gasteiger partial charge in [-0.25, -0.2) is 9.37 Å². The molecule has 0 atom stereocenters. The summed E-state index contributed by atoms with van der Waals surface area (Å²) in [6.07, 6.45) is 5.29. The van der Waals surface area contributed by atoms with Gasteiger partial charge in [0.05, 0.1) is 6.54 Å². The number of nitrogen functional groups attached to an aromatic ring is 1. The fourth-order valence-corrected chi connectivity index (χ4v) is 1.96. The third kappa shape index (κ3) is 1.95. The Morgan fingerprint density at radius 3 is 2.78 bits per heavy atom. The standard InChI is InChI=1S/C14H14FN3/c1-4-7-18-10(3)17-13(14(18)16)12-6-5-11(15)8-9(12)2/h1,5-6,8H,7,16H2,2-3H3. The van der Waals surface area contributed by atoms with Crippen molar-refractivity contribution in [1.82, 2.24) is 9.55 Å². The van der Waals surface area contributed by atoms with Gasteiger partial charge >= 0.3 is 0 Å². The van der Waals surface area contributed by atoms with E-state index in [-0.39, 0.29) is 5.82 Å². The molecule has 18 heavy (non-hydrogen) atoms. The van der Waals surface area contributed by atoms with E-state index in [0.717, 1.165) is 17.0 Å². The smallest absolute Gasteiger partial charge is 0.132 e. The largest absolute Gasteiger partial charge is 0.383 e. The van der Waals surface area contributed by atoms with E-state index in [0.29, 0.717) is 18.1 Å². The van der Waals surface area contributed by atoms with Crippen LogP contribution in [0.2, 0.25) is 0 Å². The topological polar surface area (TPSA) is 43.8 Å². The molecule has 0 aliphatic rings. The average molecular weight is 243 g/mol. The molecule has 0 amide bonds. The molecule has 0 saturated carbocycles. The van der Waals surface area contributed by atoms with Crippen LogP contribution in [0.1, 0.15) is 11.4 Å². The maximum absolute atomic E-state index is 13.1. The highest BCUT2D eigenvalue weighted by molar-refractivity contribution is 5.73. The lowest BCUT2D eigenvalue weighted by Gasteiger charge is -2.05. The Labute approximate surface area is 105 Å². The lowest BCUT2D eigenvalue weighted by molar-refractivity contribution is 0.627. The SMILES string of the molecule is C#CCn1c(C)nc(-c2ccc(F)cc2C)c1N. The summed E-state index contributed by atoms with van der Waals surface area (Å²) in [5.74, 6) is 3.54. The van der Waals surface area contributed by atoms with Gasteiger partial charge in [-0.15, -0.1) is 6.42 Å². The van der Waals surface area contributed by atoms with Gasteiger partial charge in [0.2, 0.25) is 0 Å². The number of anilines is 1. The number of halogens is 1. The van der Waals surface area contributed by atoms with Crippen LogP contribution >= 0.6 is 0 Å². The third-order valence-electron chi connectivity index (χ3n) is 2.89. The maximum Gasteiger partial charge on any atom is 0.132 e. The van der Waals surface area contributed by atoms with Crippen molar-refractivity contribution >= 4 is 5.82 Å². The molecule has 0 aliphatic heterocycles. The minimum Gasteiger partial charge on any atom is -0.383 e. The molecule has 0 unspecified atom stereocenters. The molecular formula is C14H14FN3. The van der Waals surface area contributed by atoms with Crippen LogP contribution in [0.25, 0.3) is 11.3 Å². The van der Waals surface area contributed by atoms with E-state index < -0.39 is 0 Å². The molecule has 0 saturated heterocycles. The highest BCUT2D eigenvalue weighted by Gasteiger charge is 2.14. The van der Waals surface area contributed by atoms with E-state index in [9.17, 15) is 4.39 Å². The second-order valence-electron chi connectivity index (χ2n) is 4.14. The zero-order valence-corrected chi connectivity index (χ0v) is 10.4. The number of aryl methyl sites for hydroxylation is 2. The summed E-state index contributed by atoms with van der Waals surface area (Å²) in [4.78, 5) is 4.41. The molecule has 2 N–H and O–H groups in total. The van der Waals surface area contributed by atoms with Crippen LogP contribution in [0.5, 0.6) is 0 Å². The Hall–Kier alpha value is -2.28. The minimum absolute atomic E-state index is 0.269. The van der Waals surface area contributed by atoms with Gasteiger partial charge in [-0.2, -0.15) is 0 Å². The third-order valence-corrected chi connectivity index (χ3v) is 2.89. The van der Waals surface area contributed by atoms with Crippen molar-refractivity contribution in [3.63, 3.8) is 0 Å². The predicted octanol–water partition coefficient (Wildman–Crippen LogP) is 2.52. The van der Waals surface area contributed by atoms with Gasteiger partial charge in [0.15, 0.2) is 0 Å². The van der Waals surface area contributed by atoms with Crippen molar-refractivity contribution in [3.8, 4) is 23.6 Å². The molecule has 0 bridgehead atoms. The van der Waals surface area contributed by atoms with E-state index in [2.05, 4.69) is 10.9 Å². The number of rotatable bonds is 2. The number of benzene rings is 1. The van der Waals surface area contributed by atoms with Gasteiger partial charge < -0.3 is 10.3 Å². The average Bonchev–Trinajstić information content (AvgIpc) is 2.58. The Bertz CT molecular complexity index is 635. The Morgan fingerprint density at radius 1 is 1.44 bits per heavy atom. The second-order valence-corrected chi connectivity index (χ2v) is 4.14. The summed E-state index contributed by atoms with van der Waals surface area (Å²) in [6.45, 7) is 4.05. The van der Waals surface area contributed by atoms with Crippen molar-refractivity contribution in [2.75, 3.05) is 5.73 Å². The quantitative estimate of drug-likeness (QED) is 0.824. The van der Waals surface area contributed by atoms with E-state index >= 15 is 0 Å². The number of hydrogen-bond donors (Lipinski definition) is 1. The van der Waals surface area contributed by atoms with Gasteiger partial charge in [0.25, 0.3) is 0 Å². The number of nitrogens with zero attached hydrogens (tertiary/aromatic N) is 2. The van der Waals surface area contributed by atoms with Crippen molar-refractivity contribution in [3.05, 3.63) is 35.4 Å². The molecular weight excluding hydrogens is 229 g/mol. The second kappa shape index (κ2) is 4.53. The number of aromatic nitrogens is 2. The molecule has 92 valence electrons. The molecule has 2 aromatic rings. The van der Waals surface area contributed by atoms with Crippen molar-refractivity contribution < 1.29 is 4.39 Å². The zero-order valence-electron chi connectivity index (χ0n) is 10.4. The highest BCUT2D eigenvalue weighted by atomic mass is 19.1. The summed E-state index contributed by atoms with van der Waals surface area (Å²) in [6, 6.07) is 4.55. The monoisotopic (exact) mass is 243 g/mol. The highest BCUT2D eigenvalue weighted by Crippen LogP contribution is 2.29. The molecule has 4 heteroatoms. The summed E-state index contributed by atoms with van der Waals surface area (Å²) >= 11 is 0. The summed E-state index contributed by atoms with van der Waals surface area (Å²) in [5, 5.41) is 0. The number of imidazole rings is 1. The van der Waals surface area contributed by atoms with Gasteiger partial charge in [-0.05, 0) is 37.6 Å². The van der Waals surface area contributed by atoms with Crippen molar-refractivity contribution in [2.45, 2.75) is 20.4 Å². The summed E-state index contributed by atoms with van der Waals surface area (Å²) in [7, 11) is 0. The van der Waals surface area contributed by atoms with Gasteiger partial charge in [0.1, 0.15) is 23.2 Å². The van der Waals surface area contributed by atoms with E-state index in [1.54, 1.807) is 10.6 Å². The summed E-state index contributed by atoms with van der Waals surface area (Å²) in [5.41, 5.74) is 8.32. The van der Waals surface area contributed by atoms with Crippen LogP contribution in [0.3, 0.4) is 0 Å². The first-order chi connectivity index (χ1) is 8.54. The van der Waals surface area contributed by atoms with Crippen molar-refractivity contribution in [2.24, 2.45) is 0 Å². The fraction of sp³-hybridized carbons (Fsp3) is 0.214. The van der Waals surface area contributed by atoms with Gasteiger partial charge in [-0.1, -0.05) is 5.92 Å². The van der Waals surface area contributed by atoms with Crippen LogP contribution in [0.4, 0.5) is 10.2 Å². The summed E-state index contributed by atoms with van der Waals surface area (Å²) < 4.78 is 14.8. The van der Waals surface area contributed by atoms with E-state index in [1.165, 1.54) is 12.1 Å². The lowest BCUT2D eigenvalue weighted by atomic mass is 10.1. The first-order valence-corrected chi connectivity index (χ1v) is 5.57. The molecule has 0 fully saturated rings. The molecule has 1 aromatic heterocycles. The van der Waals surface area contributed by atoms with Crippen LogP contribution < -0.4 is 5.73 Å². The van der Waals surface area contributed by atoms with Crippen LogP contribution in [-0.2, 0) is 6.54 Å². The molecule has 2 rings (SSSR count). The minimum atomic E-state index is -0.269. The molecule has 3 nitrogen and oxygen atoms in total. The first-order valence-electron chi connectivity index (χ1n) is 5.57.